The van der Waals surface area contributed by atoms with Crippen molar-refractivity contribution in [1.29, 1.82) is 0 Å². The van der Waals surface area contributed by atoms with Gasteiger partial charge in [0.05, 0.1) is 10.6 Å². The molecule has 7 nitrogen and oxygen atoms in total. The van der Waals surface area contributed by atoms with Gasteiger partial charge in [-0.2, -0.15) is 0 Å². The molecule has 4 aromatic carbocycles. The molecule has 1 unspecified atom stereocenters. The number of sulfonamides is 1. The van der Waals surface area contributed by atoms with Crippen LogP contribution >= 0.6 is 22.6 Å². The summed E-state index contributed by atoms with van der Waals surface area (Å²) in [4.78, 5) is 30.0. The van der Waals surface area contributed by atoms with Gasteiger partial charge in [0, 0.05) is 23.1 Å². The Morgan fingerprint density at radius 1 is 0.818 bits per heavy atom. The van der Waals surface area contributed by atoms with Gasteiger partial charge in [0.15, 0.2) is 0 Å². The molecule has 1 N–H and O–H groups in total. The number of amides is 2. The van der Waals surface area contributed by atoms with Crippen molar-refractivity contribution in [2.75, 3.05) is 17.4 Å². The van der Waals surface area contributed by atoms with Gasteiger partial charge < -0.3 is 10.2 Å². The third-order valence-corrected chi connectivity index (χ3v) is 9.79. The summed E-state index contributed by atoms with van der Waals surface area (Å²) in [7, 11) is -4.12. The van der Waals surface area contributed by atoms with E-state index in [1.165, 1.54) is 17.0 Å². The molecule has 0 aromatic heterocycles. The van der Waals surface area contributed by atoms with Crippen LogP contribution in [0.2, 0.25) is 0 Å². The van der Waals surface area contributed by atoms with Crippen LogP contribution in [0.15, 0.2) is 114 Å². The molecule has 0 saturated carbocycles. The minimum Gasteiger partial charge on any atom is -0.354 e. The average Bonchev–Trinajstić information content (AvgIpc) is 3.02. The van der Waals surface area contributed by atoms with Gasteiger partial charge in [0.25, 0.3) is 10.0 Å². The minimum atomic E-state index is -4.12. The lowest BCUT2D eigenvalue weighted by Gasteiger charge is -2.34. The van der Waals surface area contributed by atoms with Gasteiger partial charge >= 0.3 is 0 Å². The molecule has 230 valence electrons. The fraction of sp³-hybridized carbons (Fsp3) is 0.257. The summed E-state index contributed by atoms with van der Waals surface area (Å²) in [6, 6.07) is 31.5. The van der Waals surface area contributed by atoms with E-state index >= 15 is 0 Å². The van der Waals surface area contributed by atoms with Crippen molar-refractivity contribution < 1.29 is 18.0 Å². The van der Waals surface area contributed by atoms with Crippen LogP contribution in [0.25, 0.3) is 0 Å². The molecule has 0 spiro atoms. The monoisotopic (exact) mass is 723 g/mol. The van der Waals surface area contributed by atoms with Gasteiger partial charge in [-0.1, -0.05) is 86.6 Å². The summed E-state index contributed by atoms with van der Waals surface area (Å²) in [5.74, 6) is -0.549. The Hall–Kier alpha value is -3.70. The summed E-state index contributed by atoms with van der Waals surface area (Å²) >= 11 is 2.15. The Bertz CT molecular complexity index is 1650. The Balaban J connectivity index is 1.79. The van der Waals surface area contributed by atoms with Gasteiger partial charge in [-0.15, -0.1) is 0 Å². The molecule has 0 fully saturated rings. The molecule has 0 bridgehead atoms. The fourth-order valence-electron chi connectivity index (χ4n) is 4.80. The van der Waals surface area contributed by atoms with Crippen molar-refractivity contribution in [1.82, 2.24) is 10.2 Å². The minimum absolute atomic E-state index is 0.0762. The van der Waals surface area contributed by atoms with E-state index in [0.29, 0.717) is 12.2 Å². The van der Waals surface area contributed by atoms with Crippen LogP contribution in [0.5, 0.6) is 0 Å². The van der Waals surface area contributed by atoms with Crippen molar-refractivity contribution in [3.05, 3.63) is 129 Å². The number of hydrogen-bond acceptors (Lipinski definition) is 4. The van der Waals surface area contributed by atoms with E-state index in [0.717, 1.165) is 24.6 Å². The Labute approximate surface area is 274 Å². The molecule has 0 aliphatic rings. The lowest BCUT2D eigenvalue weighted by molar-refractivity contribution is -0.140. The molecule has 1 atom stereocenters. The molecule has 4 rings (SSSR count). The highest BCUT2D eigenvalue weighted by molar-refractivity contribution is 14.1. The van der Waals surface area contributed by atoms with E-state index in [9.17, 15) is 18.0 Å². The summed E-state index contributed by atoms with van der Waals surface area (Å²) in [5, 5.41) is 3.02. The number of benzene rings is 4. The van der Waals surface area contributed by atoms with E-state index in [2.05, 4.69) is 27.9 Å². The highest BCUT2D eigenvalue weighted by Gasteiger charge is 2.34. The quantitative estimate of drug-likeness (QED) is 0.167. The highest BCUT2D eigenvalue weighted by Crippen LogP contribution is 2.26. The summed E-state index contributed by atoms with van der Waals surface area (Å²) in [6.07, 6.45) is 0.275. The first-order valence-electron chi connectivity index (χ1n) is 14.5. The maximum absolute atomic E-state index is 14.5. The molecule has 0 aliphatic heterocycles. The van der Waals surface area contributed by atoms with Gasteiger partial charge in [-0.25, -0.2) is 8.42 Å². The summed E-state index contributed by atoms with van der Waals surface area (Å²) in [5.41, 5.74) is 3.11. The van der Waals surface area contributed by atoms with Gasteiger partial charge in [-0.3, -0.25) is 13.9 Å². The van der Waals surface area contributed by atoms with Crippen molar-refractivity contribution in [2.45, 2.75) is 44.7 Å². The second kappa shape index (κ2) is 15.3. The predicted octanol–water partition coefficient (Wildman–Crippen LogP) is 6.21. The van der Waals surface area contributed by atoms with Crippen LogP contribution in [-0.2, 0) is 32.6 Å². The zero-order valence-corrected chi connectivity index (χ0v) is 28.2. The fourth-order valence-corrected chi connectivity index (χ4v) is 6.60. The average molecular weight is 724 g/mol. The smallest absolute Gasteiger partial charge is 0.264 e. The van der Waals surface area contributed by atoms with E-state index in [1.807, 2.05) is 75.4 Å². The normalized spacial score (nSPS) is 12.0. The molecule has 9 heteroatoms. The topological polar surface area (TPSA) is 86.8 Å². The van der Waals surface area contributed by atoms with Gasteiger partial charge in [-0.05, 0) is 88.5 Å². The maximum atomic E-state index is 14.5. The van der Waals surface area contributed by atoms with E-state index in [1.54, 1.807) is 42.5 Å². The SMILES string of the molecule is Cc1ccccc1CN(C(=O)CN(c1ccc(I)cc1)S(=O)(=O)c1ccccc1)C(Cc1ccccc1)C(=O)NCC(C)C. The van der Waals surface area contributed by atoms with Crippen molar-refractivity contribution in [3.63, 3.8) is 0 Å². The molecule has 0 aliphatic carbocycles. The number of aryl methyl sites for hydroxylation is 1. The molecule has 0 radical (unpaired) electrons. The van der Waals surface area contributed by atoms with E-state index in [-0.39, 0.29) is 29.7 Å². The Morgan fingerprint density at radius 3 is 2.02 bits per heavy atom. The number of hydrogen-bond donors (Lipinski definition) is 1. The zero-order valence-electron chi connectivity index (χ0n) is 25.2. The highest BCUT2D eigenvalue weighted by atomic mass is 127. The number of rotatable bonds is 13. The largest absolute Gasteiger partial charge is 0.354 e. The van der Waals surface area contributed by atoms with Crippen LogP contribution in [0, 0.1) is 16.4 Å². The molecule has 0 saturated heterocycles. The standard InChI is InChI=1S/C35H38IN3O4S/c1-26(2)23-37-35(41)33(22-28-13-6-4-7-14-28)38(24-29-15-11-10-12-27(29)3)34(40)25-39(31-20-18-30(36)19-21-31)44(42,43)32-16-8-5-9-17-32/h4-21,26,33H,22-25H2,1-3H3,(H,37,41). The summed E-state index contributed by atoms with van der Waals surface area (Å²) in [6.45, 7) is 6.09. The second-order valence-corrected chi connectivity index (χ2v) is 14.2. The van der Waals surface area contributed by atoms with Crippen LogP contribution in [0.3, 0.4) is 0 Å². The van der Waals surface area contributed by atoms with Crippen LogP contribution in [-0.4, -0.2) is 44.3 Å². The Kier molecular flexibility index (Phi) is 11.6. The third-order valence-electron chi connectivity index (χ3n) is 7.28. The molecule has 0 heterocycles. The van der Waals surface area contributed by atoms with Crippen LogP contribution in [0.1, 0.15) is 30.5 Å². The van der Waals surface area contributed by atoms with E-state index < -0.39 is 28.5 Å². The number of anilines is 1. The van der Waals surface area contributed by atoms with Crippen molar-refractivity contribution in [3.8, 4) is 0 Å². The number of carbonyl (C=O) groups is 2. The van der Waals surface area contributed by atoms with E-state index in [4.69, 9.17) is 0 Å². The van der Waals surface area contributed by atoms with Crippen molar-refractivity contribution >= 4 is 50.1 Å². The molecule has 4 aromatic rings. The molecular formula is C35H38IN3O4S. The molecule has 44 heavy (non-hydrogen) atoms. The zero-order chi connectivity index (χ0) is 31.7. The first-order chi connectivity index (χ1) is 21.1. The van der Waals surface area contributed by atoms with Crippen LogP contribution < -0.4 is 9.62 Å². The number of carbonyl (C=O) groups excluding carboxylic acids is 2. The lowest BCUT2D eigenvalue weighted by Crippen LogP contribution is -2.53. The van der Waals surface area contributed by atoms with Gasteiger partial charge in [0.1, 0.15) is 12.6 Å². The second-order valence-electron chi connectivity index (χ2n) is 11.1. The lowest BCUT2D eigenvalue weighted by atomic mass is 10.0. The first kappa shape index (κ1) is 33.2. The summed E-state index contributed by atoms with van der Waals surface area (Å²) < 4.78 is 30.1. The predicted molar refractivity (Wildman–Crippen MR) is 184 cm³/mol. The Morgan fingerprint density at radius 2 is 1.41 bits per heavy atom. The molecule has 2 amide bonds. The van der Waals surface area contributed by atoms with Gasteiger partial charge in [0.2, 0.25) is 11.8 Å². The maximum Gasteiger partial charge on any atom is 0.264 e. The van der Waals surface area contributed by atoms with Crippen molar-refractivity contribution in [2.24, 2.45) is 5.92 Å². The van der Waals surface area contributed by atoms with Crippen LogP contribution in [0.4, 0.5) is 5.69 Å². The molecular weight excluding hydrogens is 685 g/mol. The number of nitrogens with zero attached hydrogens (tertiary/aromatic N) is 2. The first-order valence-corrected chi connectivity index (χ1v) is 17.1. The number of nitrogens with one attached hydrogen (secondary N) is 1. The number of halogens is 1. The third kappa shape index (κ3) is 8.69.